The van der Waals surface area contributed by atoms with Crippen molar-refractivity contribution in [2.75, 3.05) is 5.33 Å². The predicted molar refractivity (Wildman–Crippen MR) is 65.1 cm³/mol. The molecule has 0 aliphatic rings. The second-order valence-corrected chi connectivity index (χ2v) is 4.08. The van der Waals surface area contributed by atoms with E-state index in [1.165, 1.54) is 12.1 Å². The summed E-state index contributed by atoms with van der Waals surface area (Å²) in [4.78, 5) is 11.7. The summed E-state index contributed by atoms with van der Waals surface area (Å²) >= 11 is 3.29. The maximum Gasteiger partial charge on any atom is 0.255 e. The molecule has 0 radical (unpaired) electrons. The van der Waals surface area contributed by atoms with Gasteiger partial charge in [0.1, 0.15) is 11.5 Å². The van der Waals surface area contributed by atoms with Crippen LogP contribution in [0.5, 0.6) is 11.5 Å². The zero-order chi connectivity index (χ0) is 12.1. The van der Waals surface area contributed by atoms with Crippen molar-refractivity contribution in [3.05, 3.63) is 23.8 Å². The number of hydrogen-bond acceptors (Lipinski definition) is 3. The van der Waals surface area contributed by atoms with Crippen molar-refractivity contribution < 1.29 is 15.0 Å². The molecule has 1 rings (SSSR count). The summed E-state index contributed by atoms with van der Waals surface area (Å²) < 4.78 is 0. The number of carbonyl (C=O) groups excluding carboxylic acids is 1. The Morgan fingerprint density at radius 3 is 2.69 bits per heavy atom. The van der Waals surface area contributed by atoms with Crippen LogP contribution in [0.15, 0.2) is 18.2 Å². The standard InChI is InChI=1S/C11H14BrNO3/c1-2-7(6-12)13-11(16)9-4-3-8(14)5-10(9)15/h3-5,7,14-15H,2,6H2,1H3,(H,13,16). The van der Waals surface area contributed by atoms with Crippen LogP contribution < -0.4 is 5.32 Å². The number of rotatable bonds is 4. The number of benzene rings is 1. The van der Waals surface area contributed by atoms with Crippen LogP contribution in [0.4, 0.5) is 0 Å². The smallest absolute Gasteiger partial charge is 0.255 e. The highest BCUT2D eigenvalue weighted by Gasteiger charge is 2.14. The van der Waals surface area contributed by atoms with E-state index >= 15 is 0 Å². The summed E-state index contributed by atoms with van der Waals surface area (Å²) in [5, 5.41) is 22.0. The second kappa shape index (κ2) is 5.75. The fourth-order valence-electron chi connectivity index (χ4n) is 1.22. The molecule has 1 atom stereocenters. The number of nitrogens with one attached hydrogen (secondary N) is 1. The molecule has 0 spiro atoms. The van der Waals surface area contributed by atoms with Gasteiger partial charge in [-0.05, 0) is 18.6 Å². The molecule has 1 aromatic carbocycles. The van der Waals surface area contributed by atoms with E-state index in [1.807, 2.05) is 6.92 Å². The second-order valence-electron chi connectivity index (χ2n) is 3.43. The van der Waals surface area contributed by atoms with Gasteiger partial charge in [0, 0.05) is 17.4 Å². The van der Waals surface area contributed by atoms with E-state index in [0.717, 1.165) is 12.5 Å². The molecule has 16 heavy (non-hydrogen) atoms. The monoisotopic (exact) mass is 287 g/mol. The van der Waals surface area contributed by atoms with Crippen LogP contribution in [0, 0.1) is 0 Å². The number of phenols is 2. The van der Waals surface area contributed by atoms with E-state index in [4.69, 9.17) is 5.11 Å². The molecule has 1 aromatic rings. The van der Waals surface area contributed by atoms with Crippen molar-refractivity contribution in [1.82, 2.24) is 5.32 Å². The third-order valence-electron chi connectivity index (χ3n) is 2.24. The highest BCUT2D eigenvalue weighted by atomic mass is 79.9. The summed E-state index contributed by atoms with van der Waals surface area (Å²) in [5.74, 6) is -0.632. The zero-order valence-electron chi connectivity index (χ0n) is 8.90. The lowest BCUT2D eigenvalue weighted by Gasteiger charge is -2.14. The Kier molecular flexibility index (Phi) is 4.61. The minimum Gasteiger partial charge on any atom is -0.508 e. The van der Waals surface area contributed by atoms with Gasteiger partial charge in [-0.3, -0.25) is 4.79 Å². The fourth-order valence-corrected chi connectivity index (χ4v) is 1.84. The first-order chi connectivity index (χ1) is 7.58. The van der Waals surface area contributed by atoms with Crippen LogP contribution in [0.1, 0.15) is 23.7 Å². The lowest BCUT2D eigenvalue weighted by molar-refractivity contribution is 0.0937. The van der Waals surface area contributed by atoms with E-state index in [-0.39, 0.29) is 29.0 Å². The van der Waals surface area contributed by atoms with E-state index < -0.39 is 0 Å². The molecule has 0 aliphatic heterocycles. The Labute approximate surface area is 102 Å². The Hall–Kier alpha value is -1.23. The van der Waals surface area contributed by atoms with Crippen molar-refractivity contribution >= 4 is 21.8 Å². The first-order valence-electron chi connectivity index (χ1n) is 4.97. The van der Waals surface area contributed by atoms with Crippen LogP contribution in [0.2, 0.25) is 0 Å². The molecule has 4 nitrogen and oxygen atoms in total. The van der Waals surface area contributed by atoms with Crippen molar-refractivity contribution in [3.8, 4) is 11.5 Å². The molecule has 1 amide bonds. The average Bonchev–Trinajstić information content (AvgIpc) is 2.25. The lowest BCUT2D eigenvalue weighted by atomic mass is 10.1. The molecule has 3 N–H and O–H groups in total. The molecule has 5 heteroatoms. The third-order valence-corrected chi connectivity index (χ3v) is 3.02. The molecule has 0 fully saturated rings. The maximum absolute atomic E-state index is 11.7. The topological polar surface area (TPSA) is 69.6 Å². The van der Waals surface area contributed by atoms with Crippen molar-refractivity contribution in [3.63, 3.8) is 0 Å². The first-order valence-corrected chi connectivity index (χ1v) is 6.09. The number of hydrogen-bond donors (Lipinski definition) is 3. The highest BCUT2D eigenvalue weighted by Crippen LogP contribution is 2.22. The Balaban J connectivity index is 2.80. The van der Waals surface area contributed by atoms with E-state index in [0.29, 0.717) is 5.33 Å². The van der Waals surface area contributed by atoms with Gasteiger partial charge in [0.2, 0.25) is 0 Å². The quantitative estimate of drug-likeness (QED) is 0.742. The van der Waals surface area contributed by atoms with Gasteiger partial charge in [-0.25, -0.2) is 0 Å². The minimum absolute atomic E-state index is 0.0284. The van der Waals surface area contributed by atoms with E-state index in [2.05, 4.69) is 21.2 Å². The molecule has 88 valence electrons. The highest BCUT2D eigenvalue weighted by molar-refractivity contribution is 9.09. The van der Waals surface area contributed by atoms with E-state index in [9.17, 15) is 9.90 Å². The molecular formula is C11H14BrNO3. The third kappa shape index (κ3) is 3.13. The molecular weight excluding hydrogens is 274 g/mol. The molecule has 0 heterocycles. The molecule has 1 unspecified atom stereocenters. The summed E-state index contributed by atoms with van der Waals surface area (Å²) in [5.41, 5.74) is 0.164. The Morgan fingerprint density at radius 2 is 2.19 bits per heavy atom. The summed E-state index contributed by atoms with van der Waals surface area (Å²) in [7, 11) is 0. The molecule has 0 saturated heterocycles. The maximum atomic E-state index is 11.7. The Bertz CT molecular complexity index is 377. The van der Waals surface area contributed by atoms with Gasteiger partial charge >= 0.3 is 0 Å². The average molecular weight is 288 g/mol. The summed E-state index contributed by atoms with van der Waals surface area (Å²) in [6.45, 7) is 1.96. The number of carbonyl (C=O) groups is 1. The van der Waals surface area contributed by atoms with Crippen molar-refractivity contribution in [2.45, 2.75) is 19.4 Å². The molecule has 0 aromatic heterocycles. The van der Waals surface area contributed by atoms with Gasteiger partial charge < -0.3 is 15.5 Å². The van der Waals surface area contributed by atoms with Crippen molar-refractivity contribution in [1.29, 1.82) is 0 Å². The minimum atomic E-state index is -0.344. The molecule has 0 aliphatic carbocycles. The number of alkyl halides is 1. The van der Waals surface area contributed by atoms with Gasteiger partial charge in [0.15, 0.2) is 0 Å². The van der Waals surface area contributed by atoms with Crippen LogP contribution in [-0.4, -0.2) is 27.5 Å². The van der Waals surface area contributed by atoms with Crippen LogP contribution >= 0.6 is 15.9 Å². The van der Waals surface area contributed by atoms with Gasteiger partial charge in [-0.1, -0.05) is 22.9 Å². The fraction of sp³-hybridized carbons (Fsp3) is 0.364. The number of phenolic OH excluding ortho intramolecular Hbond substituents is 2. The number of halogens is 1. The van der Waals surface area contributed by atoms with Crippen LogP contribution in [0.25, 0.3) is 0 Å². The molecule has 0 bridgehead atoms. The van der Waals surface area contributed by atoms with Gasteiger partial charge in [-0.2, -0.15) is 0 Å². The lowest BCUT2D eigenvalue weighted by Crippen LogP contribution is -2.35. The number of aromatic hydroxyl groups is 2. The molecule has 0 saturated carbocycles. The predicted octanol–water partition coefficient (Wildman–Crippen LogP) is 2.00. The van der Waals surface area contributed by atoms with Crippen LogP contribution in [-0.2, 0) is 0 Å². The first kappa shape index (κ1) is 12.8. The summed E-state index contributed by atoms with van der Waals surface area (Å²) in [6.07, 6.45) is 0.801. The van der Waals surface area contributed by atoms with E-state index in [1.54, 1.807) is 0 Å². The Morgan fingerprint density at radius 1 is 1.50 bits per heavy atom. The van der Waals surface area contributed by atoms with Gasteiger partial charge in [0.25, 0.3) is 5.91 Å². The SMILES string of the molecule is CCC(CBr)NC(=O)c1ccc(O)cc1O. The van der Waals surface area contributed by atoms with Gasteiger partial charge in [-0.15, -0.1) is 0 Å². The summed E-state index contributed by atoms with van der Waals surface area (Å²) in [6, 6.07) is 3.93. The van der Waals surface area contributed by atoms with Gasteiger partial charge in [0.05, 0.1) is 5.56 Å². The number of amides is 1. The largest absolute Gasteiger partial charge is 0.508 e. The normalized spacial score (nSPS) is 12.1. The van der Waals surface area contributed by atoms with Crippen molar-refractivity contribution in [2.24, 2.45) is 0 Å². The van der Waals surface area contributed by atoms with Crippen LogP contribution in [0.3, 0.4) is 0 Å². The zero-order valence-corrected chi connectivity index (χ0v) is 10.5.